The lowest BCUT2D eigenvalue weighted by atomic mass is 9.95. The largest absolute Gasteiger partial charge is 0.396 e. The number of aliphatic hydroxyl groups excluding tert-OH is 8. The Bertz CT molecular complexity index is 1840. The van der Waals surface area contributed by atoms with Gasteiger partial charge in [-0.15, -0.1) is 0 Å². The van der Waals surface area contributed by atoms with Gasteiger partial charge < -0.3 is 77.2 Å². The number of ether oxygens (including phenoxy) is 3. The van der Waals surface area contributed by atoms with Crippen molar-refractivity contribution in [2.75, 3.05) is 90.5 Å². The molecule has 22 nitrogen and oxygen atoms in total. The molecule has 0 radical (unpaired) electrons. The topological polar surface area (TPSA) is 338 Å². The summed E-state index contributed by atoms with van der Waals surface area (Å²) in [5.74, 6) is -0.927. The van der Waals surface area contributed by atoms with Crippen molar-refractivity contribution in [2.24, 2.45) is 5.92 Å². The number of carbonyl (C=O) groups excluding carboxylic acids is 2. The number of halogens is 1. The molecule has 0 fully saturated rings. The molecule has 0 aliphatic carbocycles. The highest BCUT2D eigenvalue weighted by molar-refractivity contribution is 6.31. The predicted molar refractivity (Wildman–Crippen MR) is 226 cm³/mol. The minimum atomic E-state index is -1.61. The number of anilines is 2. The minimum Gasteiger partial charge on any atom is -0.396 e. The molecule has 3 rings (SSSR count). The van der Waals surface area contributed by atoms with Crippen LogP contribution < -0.4 is 26.7 Å². The normalized spacial score (nSPS) is 15.3. The number of imidazole rings is 1. The number of fused-ring (bicyclic) bond motifs is 1. The lowest BCUT2D eigenvalue weighted by molar-refractivity contribution is -0.676. The number of nitrogens with two attached hydrogens (primary N) is 2. The summed E-state index contributed by atoms with van der Waals surface area (Å²) in [4.78, 5) is 35.5. The highest BCUT2D eigenvalue weighted by Crippen LogP contribution is 2.20. The molecule has 0 bridgehead atoms. The Morgan fingerprint density at radius 1 is 0.839 bits per heavy atom. The van der Waals surface area contributed by atoms with Gasteiger partial charge in [-0.25, -0.2) is 19.1 Å². The molecular formula is C39H65ClN9O13+. The maximum absolute atomic E-state index is 13.1. The molecule has 0 aliphatic rings. The Balaban J connectivity index is 1.41. The van der Waals surface area contributed by atoms with Crippen LogP contribution in [0.3, 0.4) is 0 Å². The van der Waals surface area contributed by atoms with Gasteiger partial charge in [0.05, 0.1) is 77.6 Å². The average molecular weight is 903 g/mol. The highest BCUT2D eigenvalue weighted by Gasteiger charge is 2.32. The molecule has 2 aromatic heterocycles. The van der Waals surface area contributed by atoms with E-state index in [-0.39, 0.29) is 114 Å². The number of aliphatic hydroxyl groups is 8. The van der Waals surface area contributed by atoms with Crippen molar-refractivity contribution in [3.8, 4) is 0 Å². The number of aryl methyl sites for hydroxylation is 2. The van der Waals surface area contributed by atoms with E-state index in [1.165, 1.54) is 0 Å². The second-order valence-electron chi connectivity index (χ2n) is 14.6. The van der Waals surface area contributed by atoms with E-state index in [2.05, 4.69) is 20.6 Å². The number of amides is 2. The van der Waals surface area contributed by atoms with Gasteiger partial charge in [0.1, 0.15) is 24.9 Å². The van der Waals surface area contributed by atoms with Crippen LogP contribution in [0.5, 0.6) is 0 Å². The number of nitrogens with one attached hydrogen (secondary N) is 2. The lowest BCUT2D eigenvalue weighted by Gasteiger charge is -2.33. The van der Waals surface area contributed by atoms with Gasteiger partial charge >= 0.3 is 0 Å². The van der Waals surface area contributed by atoms with Crippen molar-refractivity contribution in [2.45, 2.75) is 83.5 Å². The molecular weight excluding hydrogens is 838 g/mol. The summed E-state index contributed by atoms with van der Waals surface area (Å²) in [5, 5.41) is 84.9. The quantitative estimate of drug-likeness (QED) is 0.0231. The molecule has 2 amide bonds. The SMILES string of the molecule is CCn1c(CNC(=O)c2nc(Cl)c(N)nc2N)[n+](CC)c2ccc(C(=O)NCCOCCOCCOCCN(C[C@H](C)[C@@H](O)[C@H](O)[C@H](O)CO)C[C@H](O)[C@@H](O)[C@H](O)CCO)cc21. The molecule has 1 aromatic carbocycles. The summed E-state index contributed by atoms with van der Waals surface area (Å²) in [6, 6.07) is 5.39. The molecule has 62 heavy (non-hydrogen) atoms. The van der Waals surface area contributed by atoms with E-state index in [1.54, 1.807) is 24.0 Å². The molecule has 0 unspecified atom stereocenters. The highest BCUT2D eigenvalue weighted by atomic mass is 35.5. The maximum Gasteiger partial charge on any atom is 0.277 e. The molecule has 0 aliphatic heterocycles. The van der Waals surface area contributed by atoms with Gasteiger partial charge in [-0.1, -0.05) is 18.5 Å². The number of hydrogen-bond acceptors (Lipinski definition) is 18. The summed E-state index contributed by atoms with van der Waals surface area (Å²) < 4.78 is 20.9. The Morgan fingerprint density at radius 2 is 1.50 bits per heavy atom. The summed E-state index contributed by atoms with van der Waals surface area (Å²) >= 11 is 5.95. The molecule has 2 heterocycles. The number of carbonyl (C=O) groups is 2. The molecule has 14 N–H and O–H groups in total. The molecule has 0 spiro atoms. The van der Waals surface area contributed by atoms with Crippen LogP contribution in [-0.4, -0.2) is 188 Å². The molecule has 0 saturated carbocycles. The fourth-order valence-corrected chi connectivity index (χ4v) is 6.86. The first-order valence-corrected chi connectivity index (χ1v) is 20.9. The van der Waals surface area contributed by atoms with Crippen molar-refractivity contribution in [3.05, 3.63) is 40.4 Å². The zero-order chi connectivity index (χ0) is 45.9. The Morgan fingerprint density at radius 3 is 2.13 bits per heavy atom. The van der Waals surface area contributed by atoms with E-state index in [9.17, 15) is 40.2 Å². The lowest BCUT2D eigenvalue weighted by Crippen LogP contribution is -2.49. The van der Waals surface area contributed by atoms with Crippen molar-refractivity contribution < 1.29 is 69.2 Å². The summed E-state index contributed by atoms with van der Waals surface area (Å²) in [6.45, 7) is 7.51. The first-order valence-electron chi connectivity index (χ1n) is 20.5. The summed E-state index contributed by atoms with van der Waals surface area (Å²) in [7, 11) is 0. The van der Waals surface area contributed by atoms with E-state index in [0.717, 1.165) is 16.9 Å². The second-order valence-corrected chi connectivity index (χ2v) is 15.0. The van der Waals surface area contributed by atoms with E-state index >= 15 is 0 Å². The number of aromatic nitrogens is 4. The van der Waals surface area contributed by atoms with E-state index in [1.807, 2.05) is 29.0 Å². The van der Waals surface area contributed by atoms with Crippen molar-refractivity contribution in [1.29, 1.82) is 0 Å². The fourth-order valence-electron chi connectivity index (χ4n) is 6.73. The third kappa shape index (κ3) is 15.1. The van der Waals surface area contributed by atoms with Crippen molar-refractivity contribution in [1.82, 2.24) is 30.1 Å². The summed E-state index contributed by atoms with van der Waals surface area (Å²) in [5.41, 5.74) is 13.5. The van der Waals surface area contributed by atoms with Gasteiger partial charge in [0.2, 0.25) is 0 Å². The molecule has 7 atom stereocenters. The fraction of sp³-hybridized carbons (Fsp3) is 0.667. The van der Waals surface area contributed by atoms with Crippen LogP contribution in [-0.2, 0) is 33.8 Å². The van der Waals surface area contributed by atoms with Crippen LogP contribution in [0.15, 0.2) is 18.2 Å². The third-order valence-corrected chi connectivity index (χ3v) is 10.4. The number of benzene rings is 1. The monoisotopic (exact) mass is 902 g/mol. The number of hydrogen-bond donors (Lipinski definition) is 12. The second kappa shape index (κ2) is 26.7. The third-order valence-electron chi connectivity index (χ3n) is 10.1. The zero-order valence-electron chi connectivity index (χ0n) is 35.5. The molecule has 350 valence electrons. The van der Waals surface area contributed by atoms with Gasteiger partial charge in [0.25, 0.3) is 17.6 Å². The van der Waals surface area contributed by atoms with Crippen molar-refractivity contribution >= 4 is 46.1 Å². The van der Waals surface area contributed by atoms with Gasteiger partial charge in [-0.05, 0) is 38.3 Å². The number of nitrogen functional groups attached to an aromatic ring is 2. The zero-order valence-corrected chi connectivity index (χ0v) is 36.2. The number of rotatable bonds is 30. The van der Waals surface area contributed by atoms with Crippen LogP contribution in [0.2, 0.25) is 5.15 Å². The van der Waals surface area contributed by atoms with E-state index in [0.29, 0.717) is 18.7 Å². The van der Waals surface area contributed by atoms with Gasteiger partial charge in [0.15, 0.2) is 33.5 Å². The van der Waals surface area contributed by atoms with Gasteiger partial charge in [-0.2, -0.15) is 0 Å². The van der Waals surface area contributed by atoms with Crippen LogP contribution in [0.4, 0.5) is 11.6 Å². The Kier molecular flexibility index (Phi) is 22.6. The molecule has 3 aromatic rings. The van der Waals surface area contributed by atoms with Gasteiger partial charge in [0, 0.05) is 44.4 Å². The Labute approximate surface area is 365 Å². The first kappa shape index (κ1) is 52.5. The van der Waals surface area contributed by atoms with Gasteiger partial charge in [-0.3, -0.25) is 14.5 Å². The maximum atomic E-state index is 13.1. The molecule has 0 saturated heterocycles. The standard InChI is InChI=1S/C39H64ClN9O13/c1-4-48-25-7-6-24(18-26(25)49(5-2)30(48)19-44-39(59)31-36(41)46-37(42)35(40)45-31)38(58)43-9-12-60-14-16-62-17-15-61-13-10-47(21-28(53)33(56)27(52)8-11-50)20-23(3)32(55)34(57)29(54)22-51/h6-7,18,23,27-29,32-34,50-57H,4-5,8-17,19-22H2,1-3H3,(H5-,41,42,43,44,46,58,59)/p+1/t23-,27+,28-,29+,32+,33-,34+/m0/s1. The van der Waals surface area contributed by atoms with Crippen LogP contribution >= 0.6 is 11.6 Å². The van der Waals surface area contributed by atoms with Crippen LogP contribution in [0.25, 0.3) is 11.0 Å². The minimum absolute atomic E-state index is 0.0771. The smallest absolute Gasteiger partial charge is 0.277 e. The summed E-state index contributed by atoms with van der Waals surface area (Å²) in [6.07, 6.45) is -9.03. The Hall–Kier alpha value is -3.88. The van der Waals surface area contributed by atoms with Crippen molar-refractivity contribution in [3.63, 3.8) is 0 Å². The van der Waals surface area contributed by atoms with Crippen LogP contribution in [0.1, 0.15) is 53.9 Å². The number of nitrogens with zero attached hydrogens (tertiary/aromatic N) is 5. The van der Waals surface area contributed by atoms with E-state index < -0.39 is 55.1 Å². The van der Waals surface area contributed by atoms with Crippen LogP contribution in [0, 0.1) is 5.92 Å². The average Bonchev–Trinajstić information content (AvgIpc) is 3.57. The predicted octanol–water partition coefficient (Wildman–Crippen LogP) is -3.24. The molecule has 23 heteroatoms. The first-order chi connectivity index (χ1) is 29.6. The van der Waals surface area contributed by atoms with E-state index in [4.69, 9.17) is 47.5 Å².